The van der Waals surface area contributed by atoms with Gasteiger partial charge in [-0.15, -0.1) is 0 Å². The predicted octanol–water partition coefficient (Wildman–Crippen LogP) is 5.13. The molecule has 0 radical (unpaired) electrons. The number of hydrogen-bond acceptors (Lipinski definition) is 5. The number of unbranched alkanes of at least 4 members (excludes halogenated alkanes) is 5. The summed E-state index contributed by atoms with van der Waals surface area (Å²) < 4.78 is 32.6. The Morgan fingerprint density at radius 2 is 1.72 bits per heavy atom. The van der Waals surface area contributed by atoms with Crippen molar-refractivity contribution in [3.05, 3.63) is 59.1 Å². The molecule has 0 spiro atoms. The Kier molecular flexibility index (Phi) is 11.0. The zero-order valence-corrected chi connectivity index (χ0v) is 19.9. The minimum atomic E-state index is -3.72. The molecule has 0 bridgehead atoms. The highest BCUT2D eigenvalue weighted by Crippen LogP contribution is 2.28. The number of halogens is 1. The summed E-state index contributed by atoms with van der Waals surface area (Å²) in [6, 6.07) is 14.2. The van der Waals surface area contributed by atoms with Crippen LogP contribution in [0, 0.1) is 0 Å². The van der Waals surface area contributed by atoms with E-state index in [1.165, 1.54) is 5.48 Å². The van der Waals surface area contributed by atoms with Crippen molar-refractivity contribution in [2.45, 2.75) is 52.0 Å². The Morgan fingerprint density at radius 1 is 1.03 bits per heavy atom. The lowest BCUT2D eigenvalue weighted by Gasteiger charge is -2.22. The maximum atomic E-state index is 12.9. The number of carbonyl (C=O) groups excluding carboxylic acids is 1. The van der Waals surface area contributed by atoms with Crippen LogP contribution in [0.5, 0.6) is 11.5 Å². The molecule has 2 N–H and O–H groups in total. The topological polar surface area (TPSA) is 95.9 Å². The molecule has 0 aromatic heterocycles. The molecule has 0 unspecified atom stereocenters. The maximum absolute atomic E-state index is 12.9. The number of para-hydroxylation sites is 1. The summed E-state index contributed by atoms with van der Waals surface area (Å²) in [5, 5.41) is 9.20. The van der Waals surface area contributed by atoms with Gasteiger partial charge in [-0.1, -0.05) is 74.9 Å². The zero-order chi connectivity index (χ0) is 23.4. The number of amides is 1. The van der Waals surface area contributed by atoms with Crippen molar-refractivity contribution >= 4 is 27.5 Å². The zero-order valence-electron chi connectivity index (χ0n) is 18.3. The molecule has 2 rings (SSSR count). The molecule has 0 aliphatic heterocycles. The monoisotopic (exact) mass is 482 g/mol. The number of sulfonamides is 1. The van der Waals surface area contributed by atoms with E-state index in [2.05, 4.69) is 6.92 Å². The second-order valence-electron chi connectivity index (χ2n) is 7.56. The highest BCUT2D eigenvalue weighted by Gasteiger charge is 2.25. The molecule has 0 aliphatic carbocycles. The van der Waals surface area contributed by atoms with Crippen LogP contribution in [0.25, 0.3) is 0 Å². The Bertz CT molecular complexity index is 954. The molecule has 0 saturated carbocycles. The molecule has 0 atom stereocenters. The van der Waals surface area contributed by atoms with E-state index in [-0.39, 0.29) is 12.3 Å². The average molecular weight is 483 g/mol. The van der Waals surface area contributed by atoms with Crippen LogP contribution in [-0.4, -0.2) is 36.1 Å². The Hall–Kier alpha value is -2.13. The van der Waals surface area contributed by atoms with Crippen LogP contribution >= 0.6 is 11.6 Å². The van der Waals surface area contributed by atoms with Crippen molar-refractivity contribution in [1.29, 1.82) is 0 Å². The predicted molar refractivity (Wildman–Crippen MR) is 125 cm³/mol. The van der Waals surface area contributed by atoms with Crippen LogP contribution in [0.15, 0.2) is 48.5 Å². The van der Waals surface area contributed by atoms with E-state index < -0.39 is 22.5 Å². The van der Waals surface area contributed by atoms with Crippen LogP contribution in [0.2, 0.25) is 5.02 Å². The van der Waals surface area contributed by atoms with E-state index in [1.54, 1.807) is 18.2 Å². The van der Waals surface area contributed by atoms with Crippen LogP contribution in [0.1, 0.15) is 51.0 Å². The van der Waals surface area contributed by atoms with Crippen molar-refractivity contribution in [2.24, 2.45) is 0 Å². The third-order valence-corrected chi connectivity index (χ3v) is 7.15. The second kappa shape index (κ2) is 13.4. The molecule has 2 aromatic carbocycles. The maximum Gasteiger partial charge on any atom is 0.258 e. The number of nitrogens with one attached hydrogen (secondary N) is 1. The minimum Gasteiger partial charge on any atom is -0.457 e. The van der Waals surface area contributed by atoms with Crippen LogP contribution < -0.4 is 10.2 Å². The number of carbonyl (C=O) groups is 1. The summed E-state index contributed by atoms with van der Waals surface area (Å²) in [6.07, 6.45) is 5.65. The fourth-order valence-corrected chi connectivity index (χ4v) is 4.88. The molecule has 32 heavy (non-hydrogen) atoms. The summed E-state index contributed by atoms with van der Waals surface area (Å²) in [4.78, 5) is 11.7. The lowest BCUT2D eigenvalue weighted by Crippen LogP contribution is -2.40. The quantitative estimate of drug-likeness (QED) is 0.221. The molecule has 176 valence electrons. The van der Waals surface area contributed by atoms with Gasteiger partial charge in [-0.05, 0) is 36.2 Å². The third kappa shape index (κ3) is 8.78. The number of rotatable bonds is 14. The molecule has 0 fully saturated rings. The lowest BCUT2D eigenvalue weighted by molar-refractivity contribution is -0.129. The summed E-state index contributed by atoms with van der Waals surface area (Å²) in [5.41, 5.74) is 2.03. The standard InChI is InChI=1S/C23H31ClN2O5S/c1-2-3-4-5-6-10-15-32(29,30)26(18-23(27)25-28)17-19-13-14-21(16-22(19)24)31-20-11-8-7-9-12-20/h7-9,11-14,16,28H,2-6,10,15,17-18H2,1H3,(H,25,27). The Morgan fingerprint density at radius 3 is 2.38 bits per heavy atom. The molecule has 0 heterocycles. The first kappa shape index (κ1) is 26.1. The fourth-order valence-electron chi connectivity index (χ4n) is 3.18. The van der Waals surface area contributed by atoms with Gasteiger partial charge < -0.3 is 4.74 Å². The molecule has 2 aromatic rings. The Balaban J connectivity index is 2.07. The van der Waals surface area contributed by atoms with Gasteiger partial charge in [0.15, 0.2) is 0 Å². The lowest BCUT2D eigenvalue weighted by atomic mass is 10.1. The van der Waals surface area contributed by atoms with E-state index in [0.717, 1.165) is 36.4 Å². The first-order chi connectivity index (χ1) is 15.4. The molecule has 7 nitrogen and oxygen atoms in total. The highest BCUT2D eigenvalue weighted by atomic mass is 35.5. The molecule has 0 saturated heterocycles. The van der Waals surface area contributed by atoms with Gasteiger partial charge in [-0.3, -0.25) is 10.0 Å². The first-order valence-corrected chi connectivity index (χ1v) is 12.8. The van der Waals surface area contributed by atoms with Crippen molar-refractivity contribution in [3.63, 3.8) is 0 Å². The van der Waals surface area contributed by atoms with E-state index in [4.69, 9.17) is 21.5 Å². The van der Waals surface area contributed by atoms with E-state index >= 15 is 0 Å². The van der Waals surface area contributed by atoms with Crippen molar-refractivity contribution in [1.82, 2.24) is 9.79 Å². The van der Waals surface area contributed by atoms with Gasteiger partial charge in [0.25, 0.3) is 5.91 Å². The van der Waals surface area contributed by atoms with Gasteiger partial charge in [0.05, 0.1) is 12.3 Å². The number of ether oxygens (including phenoxy) is 1. The third-order valence-electron chi connectivity index (χ3n) is 4.94. The van der Waals surface area contributed by atoms with Crippen molar-refractivity contribution in [3.8, 4) is 11.5 Å². The summed E-state index contributed by atoms with van der Waals surface area (Å²) >= 11 is 6.38. The number of hydrogen-bond donors (Lipinski definition) is 2. The summed E-state index contributed by atoms with van der Waals surface area (Å²) in [7, 11) is -3.72. The molecule has 1 amide bonds. The average Bonchev–Trinajstić information content (AvgIpc) is 2.77. The van der Waals surface area contributed by atoms with Gasteiger partial charge in [-0.25, -0.2) is 13.9 Å². The molecular weight excluding hydrogens is 452 g/mol. The molecule has 9 heteroatoms. The smallest absolute Gasteiger partial charge is 0.258 e. The summed E-state index contributed by atoms with van der Waals surface area (Å²) in [6.45, 7) is 1.54. The Labute approximate surface area is 195 Å². The normalized spacial score (nSPS) is 11.5. The molecule has 0 aliphatic rings. The van der Waals surface area contributed by atoms with Gasteiger partial charge in [-0.2, -0.15) is 4.31 Å². The van der Waals surface area contributed by atoms with Gasteiger partial charge in [0, 0.05) is 11.6 Å². The second-order valence-corrected chi connectivity index (χ2v) is 10.1. The summed E-state index contributed by atoms with van der Waals surface area (Å²) in [5.74, 6) is 0.292. The van der Waals surface area contributed by atoms with Crippen LogP contribution in [0.3, 0.4) is 0 Å². The highest BCUT2D eigenvalue weighted by molar-refractivity contribution is 7.89. The first-order valence-electron chi connectivity index (χ1n) is 10.8. The largest absolute Gasteiger partial charge is 0.457 e. The van der Waals surface area contributed by atoms with E-state index in [0.29, 0.717) is 28.5 Å². The number of hydroxylamine groups is 1. The molecular formula is C23H31ClN2O5S. The van der Waals surface area contributed by atoms with E-state index in [9.17, 15) is 13.2 Å². The van der Waals surface area contributed by atoms with Gasteiger partial charge in [0.1, 0.15) is 11.5 Å². The van der Waals surface area contributed by atoms with E-state index in [1.807, 2.05) is 30.3 Å². The number of nitrogens with zero attached hydrogens (tertiary/aromatic N) is 1. The minimum absolute atomic E-state index is 0.0648. The van der Waals surface area contributed by atoms with Crippen molar-refractivity contribution in [2.75, 3.05) is 12.3 Å². The van der Waals surface area contributed by atoms with Gasteiger partial charge in [0.2, 0.25) is 10.0 Å². The number of benzene rings is 2. The van der Waals surface area contributed by atoms with Gasteiger partial charge >= 0.3 is 0 Å². The van der Waals surface area contributed by atoms with Crippen LogP contribution in [0.4, 0.5) is 0 Å². The SMILES string of the molecule is CCCCCCCCS(=O)(=O)N(CC(=O)NO)Cc1ccc(Oc2ccccc2)cc1Cl. The van der Waals surface area contributed by atoms with Crippen molar-refractivity contribution < 1.29 is 23.2 Å². The fraction of sp³-hybridized carbons (Fsp3) is 0.435. The van der Waals surface area contributed by atoms with Crippen LogP contribution in [-0.2, 0) is 21.4 Å².